The van der Waals surface area contributed by atoms with Crippen molar-refractivity contribution < 1.29 is 19.1 Å². The summed E-state index contributed by atoms with van der Waals surface area (Å²) >= 11 is 0. The highest BCUT2D eigenvalue weighted by molar-refractivity contribution is 5.94. The number of esters is 1. The number of aromatic amines is 1. The molecule has 0 radical (unpaired) electrons. The predicted molar refractivity (Wildman–Crippen MR) is 94.4 cm³/mol. The van der Waals surface area contributed by atoms with Crippen molar-refractivity contribution in [3.8, 4) is 0 Å². The van der Waals surface area contributed by atoms with Crippen molar-refractivity contribution >= 4 is 17.8 Å². The Labute approximate surface area is 156 Å². The van der Waals surface area contributed by atoms with Crippen LogP contribution in [0.1, 0.15) is 28.6 Å². The number of fused-ring (bicyclic) bond motifs is 1. The standard InChI is InChI=1S/C19H20N4O4/c1-27-19(26)14-9-13-10-22(18(25)17-20-7-8-21-17)11-15(24)23(13)16(14)12-5-3-2-4-6-12/h2-8,13-14,16H,9-11H2,1H3,(H,20,21)/t13-,14-,16-/m0/s1. The van der Waals surface area contributed by atoms with E-state index in [1.807, 2.05) is 30.3 Å². The minimum absolute atomic E-state index is 0.0345. The highest BCUT2D eigenvalue weighted by Gasteiger charge is 2.51. The van der Waals surface area contributed by atoms with Crippen LogP contribution in [-0.2, 0) is 14.3 Å². The van der Waals surface area contributed by atoms with Crippen molar-refractivity contribution in [2.75, 3.05) is 20.2 Å². The van der Waals surface area contributed by atoms with Crippen molar-refractivity contribution in [3.05, 3.63) is 54.1 Å². The molecule has 1 aromatic heterocycles. The number of benzene rings is 1. The third-order valence-electron chi connectivity index (χ3n) is 5.28. The third kappa shape index (κ3) is 2.97. The van der Waals surface area contributed by atoms with Gasteiger partial charge in [-0.05, 0) is 12.0 Å². The number of nitrogens with zero attached hydrogens (tertiary/aromatic N) is 3. The first-order chi connectivity index (χ1) is 13.1. The van der Waals surface area contributed by atoms with Gasteiger partial charge >= 0.3 is 5.97 Å². The summed E-state index contributed by atoms with van der Waals surface area (Å²) in [4.78, 5) is 47.9. The average Bonchev–Trinajstić information content (AvgIpc) is 3.35. The molecule has 8 heteroatoms. The molecule has 0 saturated carbocycles. The normalized spacial score (nSPS) is 24.6. The first kappa shape index (κ1) is 17.3. The zero-order valence-electron chi connectivity index (χ0n) is 14.9. The van der Waals surface area contributed by atoms with Crippen molar-refractivity contribution in [1.29, 1.82) is 0 Å². The predicted octanol–water partition coefficient (Wildman–Crippen LogP) is 0.997. The van der Waals surface area contributed by atoms with Crippen LogP contribution in [0.4, 0.5) is 0 Å². The van der Waals surface area contributed by atoms with Gasteiger partial charge in [0.15, 0.2) is 5.82 Å². The van der Waals surface area contributed by atoms with E-state index in [4.69, 9.17) is 4.74 Å². The molecule has 0 unspecified atom stereocenters. The minimum Gasteiger partial charge on any atom is -0.469 e. The van der Waals surface area contributed by atoms with E-state index in [0.29, 0.717) is 13.0 Å². The number of methoxy groups -OCH3 is 1. The van der Waals surface area contributed by atoms with Crippen LogP contribution in [-0.4, -0.2) is 63.8 Å². The van der Waals surface area contributed by atoms with Gasteiger partial charge in [0.05, 0.1) is 25.1 Å². The smallest absolute Gasteiger partial charge is 0.311 e. The monoisotopic (exact) mass is 368 g/mol. The largest absolute Gasteiger partial charge is 0.469 e. The molecule has 2 aliphatic heterocycles. The summed E-state index contributed by atoms with van der Waals surface area (Å²) in [5.41, 5.74) is 0.898. The van der Waals surface area contributed by atoms with E-state index in [2.05, 4.69) is 9.97 Å². The molecule has 2 fully saturated rings. The molecule has 4 rings (SSSR count). The van der Waals surface area contributed by atoms with Gasteiger partial charge in [-0.3, -0.25) is 14.4 Å². The number of amides is 2. The summed E-state index contributed by atoms with van der Waals surface area (Å²) in [6.45, 7) is 0.329. The van der Waals surface area contributed by atoms with Crippen LogP contribution in [0.3, 0.4) is 0 Å². The number of piperazine rings is 1. The van der Waals surface area contributed by atoms with Gasteiger partial charge in [0.1, 0.15) is 6.54 Å². The third-order valence-corrected chi connectivity index (χ3v) is 5.28. The van der Waals surface area contributed by atoms with Crippen LogP contribution in [0.5, 0.6) is 0 Å². The van der Waals surface area contributed by atoms with E-state index in [0.717, 1.165) is 5.56 Å². The Morgan fingerprint density at radius 3 is 2.70 bits per heavy atom. The van der Waals surface area contributed by atoms with Crippen LogP contribution < -0.4 is 0 Å². The van der Waals surface area contributed by atoms with Gasteiger partial charge in [-0.25, -0.2) is 4.98 Å². The minimum atomic E-state index is -0.454. The number of hydrogen-bond donors (Lipinski definition) is 1. The number of rotatable bonds is 3. The zero-order chi connectivity index (χ0) is 19.0. The molecule has 140 valence electrons. The molecule has 27 heavy (non-hydrogen) atoms. The number of carbonyl (C=O) groups is 3. The van der Waals surface area contributed by atoms with Crippen molar-refractivity contribution in [3.63, 3.8) is 0 Å². The van der Waals surface area contributed by atoms with E-state index in [1.54, 1.807) is 11.1 Å². The maximum absolute atomic E-state index is 12.9. The van der Waals surface area contributed by atoms with Crippen LogP contribution in [0.25, 0.3) is 0 Å². The fourth-order valence-electron chi connectivity index (χ4n) is 4.15. The fraction of sp³-hybridized carbons (Fsp3) is 0.368. The Kier molecular flexibility index (Phi) is 4.39. The van der Waals surface area contributed by atoms with Crippen LogP contribution in [0.15, 0.2) is 42.7 Å². The Balaban J connectivity index is 1.63. The summed E-state index contributed by atoms with van der Waals surface area (Å²) in [6, 6.07) is 8.88. The maximum atomic E-state index is 12.9. The second-order valence-corrected chi connectivity index (χ2v) is 6.80. The van der Waals surface area contributed by atoms with E-state index < -0.39 is 5.92 Å². The van der Waals surface area contributed by atoms with Gasteiger partial charge in [0, 0.05) is 18.9 Å². The average molecular weight is 368 g/mol. The molecule has 3 heterocycles. The molecule has 2 amide bonds. The highest BCUT2D eigenvalue weighted by Crippen LogP contribution is 2.43. The Morgan fingerprint density at radius 2 is 2.04 bits per heavy atom. The molecule has 3 atom stereocenters. The Hall–Kier alpha value is -3.16. The van der Waals surface area contributed by atoms with Crippen molar-refractivity contribution in [2.45, 2.75) is 18.5 Å². The summed E-state index contributed by atoms with van der Waals surface area (Å²) in [7, 11) is 1.36. The number of aromatic nitrogens is 2. The van der Waals surface area contributed by atoms with E-state index in [9.17, 15) is 14.4 Å². The molecule has 2 aliphatic rings. The zero-order valence-corrected chi connectivity index (χ0v) is 14.9. The number of carbonyl (C=O) groups excluding carboxylic acids is 3. The highest BCUT2D eigenvalue weighted by atomic mass is 16.5. The van der Waals surface area contributed by atoms with Gasteiger partial charge in [-0.2, -0.15) is 0 Å². The molecule has 8 nitrogen and oxygen atoms in total. The Morgan fingerprint density at radius 1 is 1.26 bits per heavy atom. The SMILES string of the molecule is COC(=O)[C@H]1C[C@H]2CN(C(=O)c3ncc[nH]3)CC(=O)N2[C@H]1c1ccccc1. The molecule has 2 saturated heterocycles. The molecule has 2 aromatic rings. The van der Waals surface area contributed by atoms with Crippen molar-refractivity contribution in [2.24, 2.45) is 5.92 Å². The lowest BCUT2D eigenvalue weighted by Crippen LogP contribution is -2.56. The second kappa shape index (κ2) is 6.86. The van der Waals surface area contributed by atoms with E-state index in [-0.39, 0.29) is 42.2 Å². The first-order valence-corrected chi connectivity index (χ1v) is 8.82. The van der Waals surface area contributed by atoms with Gasteiger partial charge in [-0.15, -0.1) is 0 Å². The number of imidazole rings is 1. The second-order valence-electron chi connectivity index (χ2n) is 6.80. The lowest BCUT2D eigenvalue weighted by atomic mass is 9.93. The molecular formula is C19H20N4O4. The summed E-state index contributed by atoms with van der Waals surface area (Å²) in [6.07, 6.45) is 3.53. The lowest BCUT2D eigenvalue weighted by molar-refractivity contribution is -0.147. The van der Waals surface area contributed by atoms with Crippen LogP contribution >= 0.6 is 0 Å². The molecule has 0 spiro atoms. The Bertz CT molecular complexity index is 852. The fourth-order valence-corrected chi connectivity index (χ4v) is 4.15. The molecule has 0 aliphatic carbocycles. The lowest BCUT2D eigenvalue weighted by Gasteiger charge is -2.39. The summed E-state index contributed by atoms with van der Waals surface area (Å²) in [5.74, 6) is -1.07. The van der Waals surface area contributed by atoms with Crippen molar-refractivity contribution in [1.82, 2.24) is 19.8 Å². The molecular weight excluding hydrogens is 348 g/mol. The molecule has 0 bridgehead atoms. The topological polar surface area (TPSA) is 95.6 Å². The first-order valence-electron chi connectivity index (χ1n) is 8.82. The van der Waals surface area contributed by atoms with Gasteiger partial charge in [-0.1, -0.05) is 30.3 Å². The van der Waals surface area contributed by atoms with E-state index >= 15 is 0 Å². The van der Waals surface area contributed by atoms with Gasteiger partial charge in [0.2, 0.25) is 5.91 Å². The number of nitrogens with one attached hydrogen (secondary N) is 1. The van der Waals surface area contributed by atoms with Gasteiger partial charge < -0.3 is 19.5 Å². The van der Waals surface area contributed by atoms with E-state index in [1.165, 1.54) is 18.2 Å². The molecule has 1 N–H and O–H groups in total. The number of hydrogen-bond acceptors (Lipinski definition) is 5. The van der Waals surface area contributed by atoms with Crippen LogP contribution in [0, 0.1) is 5.92 Å². The summed E-state index contributed by atoms with van der Waals surface area (Å²) < 4.78 is 4.99. The number of H-pyrrole nitrogens is 1. The molecule has 1 aromatic carbocycles. The summed E-state index contributed by atoms with van der Waals surface area (Å²) in [5, 5.41) is 0. The number of ether oxygens (including phenoxy) is 1. The van der Waals surface area contributed by atoms with Gasteiger partial charge in [0.25, 0.3) is 5.91 Å². The van der Waals surface area contributed by atoms with Crippen LogP contribution in [0.2, 0.25) is 0 Å². The maximum Gasteiger partial charge on any atom is 0.311 e. The quantitative estimate of drug-likeness (QED) is 0.816.